The normalized spacial score (nSPS) is 36.6. The van der Waals surface area contributed by atoms with Gasteiger partial charge in [0.2, 0.25) is 11.8 Å². The monoisotopic (exact) mass is 266 g/mol. The van der Waals surface area contributed by atoms with Gasteiger partial charge >= 0.3 is 0 Å². The first-order valence-corrected chi connectivity index (χ1v) is 7.54. The molecule has 0 aromatic carbocycles. The van der Waals surface area contributed by atoms with Crippen LogP contribution in [-0.2, 0) is 9.59 Å². The molecule has 4 unspecified atom stereocenters. The number of hydrogen-bond acceptors (Lipinski definition) is 2. The van der Waals surface area contributed by atoms with Gasteiger partial charge in [-0.05, 0) is 31.6 Å². The molecule has 1 aliphatic carbocycles. The minimum atomic E-state index is -0.346. The summed E-state index contributed by atoms with van der Waals surface area (Å²) in [6.45, 7) is 8.06. The predicted octanol–water partition coefficient (Wildman–Crippen LogP) is 1.94. The summed E-state index contributed by atoms with van der Waals surface area (Å²) in [6.07, 6.45) is 4.48. The van der Waals surface area contributed by atoms with E-state index in [-0.39, 0.29) is 35.9 Å². The lowest BCUT2D eigenvalue weighted by Gasteiger charge is -2.45. The van der Waals surface area contributed by atoms with Gasteiger partial charge in [-0.1, -0.05) is 33.6 Å². The van der Waals surface area contributed by atoms with E-state index < -0.39 is 0 Å². The van der Waals surface area contributed by atoms with Crippen molar-refractivity contribution >= 4 is 11.8 Å². The minimum absolute atomic E-state index is 0.00322. The van der Waals surface area contributed by atoms with Crippen molar-refractivity contribution in [2.24, 2.45) is 11.8 Å². The third-order valence-electron chi connectivity index (χ3n) is 4.58. The topological polar surface area (TPSA) is 49.4 Å². The Hall–Kier alpha value is -1.06. The van der Waals surface area contributed by atoms with E-state index in [4.69, 9.17) is 0 Å². The fraction of sp³-hybridized carbons (Fsp3) is 0.867. The molecular weight excluding hydrogens is 240 g/mol. The van der Waals surface area contributed by atoms with Crippen molar-refractivity contribution in [1.29, 1.82) is 0 Å². The number of piperazine rings is 1. The average molecular weight is 266 g/mol. The molecule has 0 aromatic heterocycles. The Morgan fingerprint density at radius 3 is 2.47 bits per heavy atom. The Labute approximate surface area is 115 Å². The van der Waals surface area contributed by atoms with Crippen LogP contribution in [0.1, 0.15) is 53.4 Å². The Morgan fingerprint density at radius 2 is 1.89 bits per heavy atom. The maximum absolute atomic E-state index is 12.6. The van der Waals surface area contributed by atoms with E-state index in [1.807, 2.05) is 25.7 Å². The van der Waals surface area contributed by atoms with Crippen LogP contribution in [0.15, 0.2) is 0 Å². The van der Waals surface area contributed by atoms with Gasteiger partial charge in [0.1, 0.15) is 12.1 Å². The fourth-order valence-corrected chi connectivity index (χ4v) is 3.42. The zero-order valence-electron chi connectivity index (χ0n) is 12.5. The highest BCUT2D eigenvalue weighted by atomic mass is 16.2. The lowest BCUT2D eigenvalue weighted by molar-refractivity contribution is -0.153. The number of carbonyl (C=O) groups is 2. The molecule has 1 saturated carbocycles. The molecule has 19 heavy (non-hydrogen) atoms. The molecular formula is C15H26N2O2. The molecule has 2 fully saturated rings. The second-order valence-electron chi connectivity index (χ2n) is 6.58. The summed E-state index contributed by atoms with van der Waals surface area (Å²) in [5.74, 6) is 0.909. The summed E-state index contributed by atoms with van der Waals surface area (Å²) in [4.78, 5) is 26.6. The number of nitrogens with zero attached hydrogens (tertiary/aromatic N) is 1. The molecule has 1 saturated heterocycles. The molecule has 4 atom stereocenters. The Morgan fingerprint density at radius 1 is 1.21 bits per heavy atom. The first-order valence-electron chi connectivity index (χ1n) is 7.54. The molecule has 0 bridgehead atoms. The van der Waals surface area contributed by atoms with Crippen molar-refractivity contribution in [2.75, 3.05) is 0 Å². The van der Waals surface area contributed by atoms with Gasteiger partial charge in [0.05, 0.1) is 0 Å². The van der Waals surface area contributed by atoms with Crippen LogP contribution in [0.25, 0.3) is 0 Å². The Balaban J connectivity index is 2.19. The van der Waals surface area contributed by atoms with Crippen LogP contribution in [0.5, 0.6) is 0 Å². The van der Waals surface area contributed by atoms with Gasteiger partial charge in [-0.2, -0.15) is 0 Å². The van der Waals surface area contributed by atoms with Gasteiger partial charge in [0, 0.05) is 6.04 Å². The van der Waals surface area contributed by atoms with Crippen molar-refractivity contribution < 1.29 is 9.59 Å². The van der Waals surface area contributed by atoms with Crippen molar-refractivity contribution in [3.63, 3.8) is 0 Å². The largest absolute Gasteiger partial charge is 0.342 e. The first-order chi connectivity index (χ1) is 8.91. The quantitative estimate of drug-likeness (QED) is 0.830. The number of amides is 2. The zero-order chi connectivity index (χ0) is 14.2. The van der Waals surface area contributed by atoms with Crippen molar-refractivity contribution in [1.82, 2.24) is 10.2 Å². The molecule has 0 radical (unpaired) electrons. The molecule has 4 nitrogen and oxygen atoms in total. The summed E-state index contributed by atoms with van der Waals surface area (Å²) in [7, 11) is 0. The second-order valence-corrected chi connectivity index (χ2v) is 6.58. The molecule has 2 rings (SSSR count). The fourth-order valence-electron chi connectivity index (χ4n) is 3.42. The summed E-state index contributed by atoms with van der Waals surface area (Å²) in [5, 5.41) is 2.87. The van der Waals surface area contributed by atoms with E-state index in [0.717, 1.165) is 19.3 Å². The van der Waals surface area contributed by atoms with Gasteiger partial charge in [-0.3, -0.25) is 9.59 Å². The highest BCUT2D eigenvalue weighted by Crippen LogP contribution is 2.30. The smallest absolute Gasteiger partial charge is 0.246 e. The SMILES string of the molecule is CC1CCCC(N2C(=O)C(C(C)C)NC(=O)C2C)C1. The molecule has 2 aliphatic rings. The van der Waals surface area contributed by atoms with Crippen LogP contribution in [0.3, 0.4) is 0 Å². The van der Waals surface area contributed by atoms with Crippen molar-refractivity contribution in [3.05, 3.63) is 0 Å². The maximum atomic E-state index is 12.6. The second kappa shape index (κ2) is 5.51. The Bertz CT molecular complexity index is 367. The van der Waals surface area contributed by atoms with Crippen LogP contribution >= 0.6 is 0 Å². The van der Waals surface area contributed by atoms with Gasteiger partial charge in [0.25, 0.3) is 0 Å². The maximum Gasteiger partial charge on any atom is 0.246 e. The number of carbonyl (C=O) groups excluding carboxylic acids is 2. The molecule has 1 heterocycles. The van der Waals surface area contributed by atoms with E-state index in [9.17, 15) is 9.59 Å². The standard InChI is InChI=1S/C15H26N2O2/c1-9(2)13-15(19)17(11(4)14(18)16-13)12-7-5-6-10(3)8-12/h9-13H,5-8H2,1-4H3,(H,16,18). The zero-order valence-corrected chi connectivity index (χ0v) is 12.5. The average Bonchev–Trinajstić information content (AvgIpc) is 2.34. The van der Waals surface area contributed by atoms with Gasteiger partial charge < -0.3 is 10.2 Å². The molecule has 1 N–H and O–H groups in total. The molecule has 1 aliphatic heterocycles. The number of hydrogen-bond donors (Lipinski definition) is 1. The summed E-state index contributed by atoms with van der Waals surface area (Å²) in [6, 6.07) is -0.419. The van der Waals surface area contributed by atoms with Crippen LogP contribution in [0, 0.1) is 11.8 Å². The van der Waals surface area contributed by atoms with Crippen LogP contribution in [0.2, 0.25) is 0 Å². The van der Waals surface area contributed by atoms with Gasteiger partial charge in [-0.25, -0.2) is 0 Å². The highest BCUT2D eigenvalue weighted by Gasteiger charge is 2.43. The predicted molar refractivity (Wildman–Crippen MR) is 74.5 cm³/mol. The molecule has 0 spiro atoms. The first kappa shape index (κ1) is 14.4. The molecule has 108 valence electrons. The van der Waals surface area contributed by atoms with E-state index >= 15 is 0 Å². The summed E-state index contributed by atoms with van der Waals surface area (Å²) < 4.78 is 0. The minimum Gasteiger partial charge on any atom is -0.342 e. The van der Waals surface area contributed by atoms with E-state index in [1.165, 1.54) is 6.42 Å². The van der Waals surface area contributed by atoms with E-state index in [1.54, 1.807) is 0 Å². The summed E-state index contributed by atoms with van der Waals surface area (Å²) in [5.41, 5.74) is 0. The van der Waals surface area contributed by atoms with Gasteiger partial charge in [-0.15, -0.1) is 0 Å². The number of rotatable bonds is 2. The number of nitrogens with one attached hydrogen (secondary N) is 1. The Kier molecular flexibility index (Phi) is 4.16. The van der Waals surface area contributed by atoms with Crippen LogP contribution in [0.4, 0.5) is 0 Å². The van der Waals surface area contributed by atoms with Crippen LogP contribution < -0.4 is 5.32 Å². The molecule has 2 amide bonds. The molecule has 4 heteroatoms. The molecule has 0 aromatic rings. The summed E-state index contributed by atoms with van der Waals surface area (Å²) >= 11 is 0. The van der Waals surface area contributed by atoms with Crippen molar-refractivity contribution in [2.45, 2.75) is 71.5 Å². The van der Waals surface area contributed by atoms with Crippen molar-refractivity contribution in [3.8, 4) is 0 Å². The lowest BCUT2D eigenvalue weighted by Crippen LogP contribution is -2.66. The van der Waals surface area contributed by atoms with Gasteiger partial charge in [0.15, 0.2) is 0 Å². The van der Waals surface area contributed by atoms with E-state index in [2.05, 4.69) is 12.2 Å². The third kappa shape index (κ3) is 2.77. The van der Waals surface area contributed by atoms with Crippen LogP contribution in [-0.4, -0.2) is 34.8 Å². The lowest BCUT2D eigenvalue weighted by atomic mass is 9.84. The van der Waals surface area contributed by atoms with E-state index in [0.29, 0.717) is 5.92 Å². The highest BCUT2D eigenvalue weighted by molar-refractivity contribution is 5.97. The third-order valence-corrected chi connectivity index (χ3v) is 4.58.